The summed E-state index contributed by atoms with van der Waals surface area (Å²) in [6.45, 7) is 2.01. The van der Waals surface area contributed by atoms with Crippen LogP contribution in [0.15, 0.2) is 18.2 Å². The summed E-state index contributed by atoms with van der Waals surface area (Å²) in [5.74, 6) is -0.0543. The van der Waals surface area contributed by atoms with Gasteiger partial charge in [-0.1, -0.05) is 18.5 Å². The number of nitrogens with zero attached hydrogens (tertiary/aromatic N) is 1. The lowest BCUT2D eigenvalue weighted by Gasteiger charge is -2.21. The molecule has 1 aromatic rings. The van der Waals surface area contributed by atoms with Crippen molar-refractivity contribution in [2.75, 3.05) is 13.6 Å². The number of rotatable bonds is 6. The summed E-state index contributed by atoms with van der Waals surface area (Å²) >= 11 is 5.86. The van der Waals surface area contributed by atoms with Gasteiger partial charge in [0.05, 0.1) is 10.6 Å². The standard InChI is InChI=1S/C14H17ClF3NO3/c1-3-10(6-7-19(2)13(20)21)22-12-8-9(14(16,17)18)4-5-11(12)15/h4-5,8,10H,3,6-7H2,1-2H3,(H,20,21). The summed E-state index contributed by atoms with van der Waals surface area (Å²) in [5, 5.41) is 8.85. The zero-order chi connectivity index (χ0) is 16.9. The van der Waals surface area contributed by atoms with Gasteiger partial charge < -0.3 is 14.7 Å². The molecule has 0 saturated carbocycles. The number of halogens is 4. The maximum atomic E-state index is 12.7. The zero-order valence-electron chi connectivity index (χ0n) is 12.2. The predicted molar refractivity (Wildman–Crippen MR) is 76.4 cm³/mol. The molecular formula is C14H17ClF3NO3. The zero-order valence-corrected chi connectivity index (χ0v) is 12.9. The first-order chi connectivity index (χ1) is 10.1. The quantitative estimate of drug-likeness (QED) is 0.829. The van der Waals surface area contributed by atoms with Gasteiger partial charge in [0.1, 0.15) is 11.9 Å². The molecule has 0 aliphatic carbocycles. The van der Waals surface area contributed by atoms with Crippen LogP contribution in [-0.4, -0.2) is 35.8 Å². The Morgan fingerprint density at radius 2 is 2.09 bits per heavy atom. The molecule has 1 aromatic carbocycles. The summed E-state index contributed by atoms with van der Waals surface area (Å²) in [6, 6.07) is 2.87. The Morgan fingerprint density at radius 1 is 1.45 bits per heavy atom. The Hall–Kier alpha value is -1.63. The molecule has 124 valence electrons. The fourth-order valence-corrected chi connectivity index (χ4v) is 1.89. The molecule has 0 aromatic heterocycles. The van der Waals surface area contributed by atoms with Crippen molar-refractivity contribution >= 4 is 17.7 Å². The van der Waals surface area contributed by atoms with Crippen LogP contribution in [0.3, 0.4) is 0 Å². The van der Waals surface area contributed by atoms with E-state index in [1.807, 2.05) is 0 Å². The molecule has 0 saturated heterocycles. The Balaban J connectivity index is 2.80. The molecule has 4 nitrogen and oxygen atoms in total. The molecule has 0 fully saturated rings. The normalized spacial score (nSPS) is 12.8. The second-order valence-electron chi connectivity index (χ2n) is 4.78. The second kappa shape index (κ2) is 7.58. The number of carboxylic acid groups (broad SMARTS) is 1. The van der Waals surface area contributed by atoms with Crippen LogP contribution >= 0.6 is 11.6 Å². The average Bonchev–Trinajstić information content (AvgIpc) is 2.43. The summed E-state index contributed by atoms with van der Waals surface area (Å²) in [4.78, 5) is 11.8. The highest BCUT2D eigenvalue weighted by molar-refractivity contribution is 6.32. The van der Waals surface area contributed by atoms with Crippen LogP contribution in [0.25, 0.3) is 0 Å². The molecule has 8 heteroatoms. The van der Waals surface area contributed by atoms with E-state index < -0.39 is 23.9 Å². The molecule has 1 atom stereocenters. The summed E-state index contributed by atoms with van der Waals surface area (Å²) in [5.41, 5.74) is -0.843. The van der Waals surface area contributed by atoms with Crippen molar-refractivity contribution in [2.24, 2.45) is 0 Å². The van der Waals surface area contributed by atoms with Gasteiger partial charge in [0.15, 0.2) is 0 Å². The van der Waals surface area contributed by atoms with E-state index in [-0.39, 0.29) is 17.3 Å². The van der Waals surface area contributed by atoms with Gasteiger partial charge in [-0.15, -0.1) is 0 Å². The topological polar surface area (TPSA) is 49.8 Å². The summed E-state index contributed by atoms with van der Waals surface area (Å²) in [6.07, 6.45) is -5.12. The number of amides is 1. The van der Waals surface area contributed by atoms with E-state index in [2.05, 4.69) is 0 Å². The van der Waals surface area contributed by atoms with Crippen LogP contribution in [0.4, 0.5) is 18.0 Å². The molecule has 0 radical (unpaired) electrons. The molecule has 22 heavy (non-hydrogen) atoms. The molecule has 0 heterocycles. The number of carbonyl (C=O) groups is 1. The molecule has 1 rings (SSSR count). The van der Waals surface area contributed by atoms with Crippen LogP contribution in [0, 0.1) is 0 Å². The van der Waals surface area contributed by atoms with Crippen LogP contribution in [0.1, 0.15) is 25.3 Å². The van der Waals surface area contributed by atoms with E-state index in [1.165, 1.54) is 7.05 Å². The van der Waals surface area contributed by atoms with Crippen molar-refractivity contribution in [3.05, 3.63) is 28.8 Å². The van der Waals surface area contributed by atoms with Crippen LogP contribution < -0.4 is 4.74 Å². The van der Waals surface area contributed by atoms with Crippen molar-refractivity contribution in [1.29, 1.82) is 0 Å². The van der Waals surface area contributed by atoms with Gasteiger partial charge in [-0.25, -0.2) is 4.79 Å². The molecule has 1 unspecified atom stereocenters. The Morgan fingerprint density at radius 3 is 2.59 bits per heavy atom. The van der Waals surface area contributed by atoms with Crippen LogP contribution in [0.5, 0.6) is 5.75 Å². The third kappa shape index (κ3) is 5.29. The van der Waals surface area contributed by atoms with E-state index in [0.29, 0.717) is 12.8 Å². The first-order valence-electron chi connectivity index (χ1n) is 6.62. The van der Waals surface area contributed by atoms with E-state index in [9.17, 15) is 18.0 Å². The van der Waals surface area contributed by atoms with Gasteiger partial charge in [0.2, 0.25) is 0 Å². The summed E-state index contributed by atoms with van der Waals surface area (Å²) in [7, 11) is 1.41. The third-order valence-electron chi connectivity index (χ3n) is 3.12. The number of benzene rings is 1. The molecule has 1 amide bonds. The van der Waals surface area contributed by atoms with Crippen LogP contribution in [0.2, 0.25) is 5.02 Å². The summed E-state index contributed by atoms with van der Waals surface area (Å²) < 4.78 is 43.6. The number of ether oxygens (including phenoxy) is 1. The largest absolute Gasteiger partial charge is 0.489 e. The highest BCUT2D eigenvalue weighted by Gasteiger charge is 2.31. The lowest BCUT2D eigenvalue weighted by Crippen LogP contribution is -2.29. The van der Waals surface area contributed by atoms with Crippen molar-refractivity contribution in [3.8, 4) is 5.75 Å². The smallest absolute Gasteiger partial charge is 0.416 e. The SMILES string of the molecule is CCC(CCN(C)C(=O)O)Oc1cc(C(F)(F)F)ccc1Cl. The fraction of sp³-hybridized carbons (Fsp3) is 0.500. The van der Waals surface area contributed by atoms with Crippen molar-refractivity contribution in [3.63, 3.8) is 0 Å². The van der Waals surface area contributed by atoms with E-state index in [1.54, 1.807) is 6.92 Å². The molecule has 0 aliphatic heterocycles. The molecule has 0 aliphatic rings. The number of hydrogen-bond donors (Lipinski definition) is 1. The Labute approximate surface area is 131 Å². The number of alkyl halides is 3. The average molecular weight is 340 g/mol. The monoisotopic (exact) mass is 339 g/mol. The maximum Gasteiger partial charge on any atom is 0.416 e. The Kier molecular flexibility index (Phi) is 6.34. The van der Waals surface area contributed by atoms with E-state index in [0.717, 1.165) is 23.1 Å². The van der Waals surface area contributed by atoms with Gasteiger partial charge >= 0.3 is 12.3 Å². The van der Waals surface area contributed by atoms with Gasteiger partial charge in [0.25, 0.3) is 0 Å². The minimum Gasteiger partial charge on any atom is -0.489 e. The second-order valence-corrected chi connectivity index (χ2v) is 5.19. The molecule has 1 N–H and O–H groups in total. The minimum atomic E-state index is -4.48. The minimum absolute atomic E-state index is 0.0543. The lowest BCUT2D eigenvalue weighted by atomic mass is 10.1. The highest BCUT2D eigenvalue weighted by atomic mass is 35.5. The number of hydrogen-bond acceptors (Lipinski definition) is 2. The lowest BCUT2D eigenvalue weighted by molar-refractivity contribution is -0.137. The van der Waals surface area contributed by atoms with Crippen molar-refractivity contribution < 1.29 is 27.8 Å². The predicted octanol–water partition coefficient (Wildman–Crippen LogP) is 4.52. The molecule has 0 spiro atoms. The first kappa shape index (κ1) is 18.4. The van der Waals surface area contributed by atoms with Gasteiger partial charge in [-0.3, -0.25) is 0 Å². The van der Waals surface area contributed by atoms with Gasteiger partial charge in [-0.05, 0) is 24.6 Å². The van der Waals surface area contributed by atoms with Gasteiger partial charge in [-0.2, -0.15) is 13.2 Å². The third-order valence-corrected chi connectivity index (χ3v) is 3.43. The van der Waals surface area contributed by atoms with E-state index >= 15 is 0 Å². The maximum absolute atomic E-state index is 12.7. The van der Waals surface area contributed by atoms with Crippen LogP contribution in [-0.2, 0) is 6.18 Å². The molecular weight excluding hydrogens is 323 g/mol. The van der Waals surface area contributed by atoms with Crippen molar-refractivity contribution in [2.45, 2.75) is 32.0 Å². The first-order valence-corrected chi connectivity index (χ1v) is 7.00. The van der Waals surface area contributed by atoms with E-state index in [4.69, 9.17) is 21.4 Å². The van der Waals surface area contributed by atoms with Crippen molar-refractivity contribution in [1.82, 2.24) is 4.90 Å². The van der Waals surface area contributed by atoms with Gasteiger partial charge in [0, 0.05) is 20.0 Å². The fourth-order valence-electron chi connectivity index (χ4n) is 1.73. The Bertz CT molecular complexity index is 523. The highest BCUT2D eigenvalue weighted by Crippen LogP contribution is 2.35. The molecule has 0 bridgehead atoms.